The highest BCUT2D eigenvalue weighted by molar-refractivity contribution is 5.87. The number of methoxy groups -OCH3 is 1. The molecule has 0 saturated carbocycles. The third-order valence-corrected chi connectivity index (χ3v) is 5.34. The Balaban J connectivity index is 1.59. The van der Waals surface area contributed by atoms with E-state index < -0.39 is 5.97 Å². The van der Waals surface area contributed by atoms with Crippen molar-refractivity contribution in [3.63, 3.8) is 0 Å². The fourth-order valence-electron chi connectivity index (χ4n) is 3.83. The number of benzene rings is 3. The zero-order chi connectivity index (χ0) is 21.1. The Labute approximate surface area is 175 Å². The highest BCUT2D eigenvalue weighted by atomic mass is 16.5. The van der Waals surface area contributed by atoms with Gasteiger partial charge in [-0.05, 0) is 41.5 Å². The summed E-state index contributed by atoms with van der Waals surface area (Å²) in [5.41, 5.74) is 5.10. The number of anilines is 2. The molecule has 5 heteroatoms. The number of carbonyl (C=O) groups is 1. The first-order chi connectivity index (χ1) is 14.6. The molecule has 5 nitrogen and oxygen atoms in total. The lowest BCUT2D eigenvalue weighted by atomic mass is 10.1. The van der Waals surface area contributed by atoms with Gasteiger partial charge in [0.15, 0.2) is 0 Å². The van der Waals surface area contributed by atoms with E-state index in [4.69, 9.17) is 4.74 Å². The van der Waals surface area contributed by atoms with Crippen molar-refractivity contribution in [2.24, 2.45) is 0 Å². The molecule has 0 spiro atoms. The van der Waals surface area contributed by atoms with Crippen molar-refractivity contribution in [1.82, 2.24) is 4.57 Å². The summed E-state index contributed by atoms with van der Waals surface area (Å²) in [6.07, 6.45) is 1.98. The lowest BCUT2D eigenvalue weighted by Gasteiger charge is -2.22. The average Bonchev–Trinajstić information content (AvgIpc) is 3.10. The van der Waals surface area contributed by atoms with Gasteiger partial charge in [0.1, 0.15) is 5.75 Å². The van der Waals surface area contributed by atoms with Gasteiger partial charge in [0.05, 0.1) is 19.2 Å². The minimum atomic E-state index is -0.818. The van der Waals surface area contributed by atoms with E-state index in [9.17, 15) is 9.90 Å². The molecule has 1 N–H and O–H groups in total. The Bertz CT molecular complexity index is 1180. The van der Waals surface area contributed by atoms with Gasteiger partial charge in [0.2, 0.25) is 0 Å². The smallest absolute Gasteiger partial charge is 0.307 e. The summed E-state index contributed by atoms with van der Waals surface area (Å²) in [6, 6.07) is 24.3. The molecule has 0 fully saturated rings. The van der Waals surface area contributed by atoms with Crippen LogP contribution in [0, 0.1) is 0 Å². The summed E-state index contributed by atoms with van der Waals surface area (Å²) < 4.78 is 7.59. The van der Waals surface area contributed by atoms with E-state index in [-0.39, 0.29) is 6.42 Å². The zero-order valence-electron chi connectivity index (χ0n) is 17.1. The van der Waals surface area contributed by atoms with Gasteiger partial charge in [0.25, 0.3) is 0 Å². The Hall–Kier alpha value is -3.73. The first-order valence-corrected chi connectivity index (χ1v) is 9.81. The Morgan fingerprint density at radius 1 is 1.00 bits per heavy atom. The van der Waals surface area contributed by atoms with E-state index in [1.165, 1.54) is 0 Å². The van der Waals surface area contributed by atoms with Crippen LogP contribution in [0.25, 0.3) is 10.9 Å². The molecule has 1 aromatic heterocycles. The maximum Gasteiger partial charge on any atom is 0.307 e. The van der Waals surface area contributed by atoms with Crippen molar-refractivity contribution in [3.05, 3.63) is 90.1 Å². The maximum atomic E-state index is 11.2. The zero-order valence-corrected chi connectivity index (χ0v) is 17.1. The van der Waals surface area contributed by atoms with Gasteiger partial charge < -0.3 is 19.3 Å². The molecule has 1 heterocycles. The monoisotopic (exact) mass is 400 g/mol. The van der Waals surface area contributed by atoms with Gasteiger partial charge in [-0.2, -0.15) is 0 Å². The molecule has 4 rings (SSSR count). The SMILES string of the molecule is COc1ccccc1N(C)c1ccc(Cn2cc(CC(=O)O)c3ccccc32)cc1. The normalized spacial score (nSPS) is 10.9. The minimum Gasteiger partial charge on any atom is -0.495 e. The summed E-state index contributed by atoms with van der Waals surface area (Å²) in [7, 11) is 3.69. The molecular formula is C25H24N2O3. The van der Waals surface area contributed by atoms with E-state index >= 15 is 0 Å². The number of para-hydroxylation sites is 3. The molecule has 0 saturated heterocycles. The van der Waals surface area contributed by atoms with E-state index in [0.29, 0.717) is 6.54 Å². The van der Waals surface area contributed by atoms with Crippen molar-refractivity contribution in [3.8, 4) is 5.75 Å². The van der Waals surface area contributed by atoms with E-state index in [1.807, 2.05) is 61.8 Å². The van der Waals surface area contributed by atoms with Gasteiger partial charge >= 0.3 is 5.97 Å². The number of aromatic nitrogens is 1. The standard InChI is InChI=1S/C25H24N2O3/c1-26(23-9-5-6-10-24(23)30-2)20-13-11-18(12-14-20)16-27-17-19(15-25(28)29)21-7-3-4-8-22(21)27/h3-14,17H,15-16H2,1-2H3,(H,28,29). The van der Waals surface area contributed by atoms with E-state index in [2.05, 4.69) is 33.7 Å². The Morgan fingerprint density at radius 3 is 2.43 bits per heavy atom. The summed E-state index contributed by atoms with van der Waals surface area (Å²) in [6.45, 7) is 0.679. The maximum absolute atomic E-state index is 11.2. The van der Waals surface area contributed by atoms with Crippen LogP contribution in [0.3, 0.4) is 0 Å². The summed E-state index contributed by atoms with van der Waals surface area (Å²) in [5.74, 6) is 0.00970. The average molecular weight is 400 g/mol. The molecule has 3 aromatic carbocycles. The Kier molecular flexibility index (Phi) is 5.44. The molecule has 0 bridgehead atoms. The molecule has 0 unspecified atom stereocenters. The number of aliphatic carboxylic acids is 1. The number of hydrogen-bond donors (Lipinski definition) is 1. The highest BCUT2D eigenvalue weighted by Crippen LogP contribution is 2.32. The number of rotatable bonds is 7. The van der Waals surface area contributed by atoms with Crippen LogP contribution in [0.1, 0.15) is 11.1 Å². The predicted octanol–water partition coefficient (Wildman–Crippen LogP) is 5.09. The van der Waals surface area contributed by atoms with Gasteiger partial charge in [-0.1, -0.05) is 42.5 Å². The Morgan fingerprint density at radius 2 is 1.70 bits per heavy atom. The predicted molar refractivity (Wildman–Crippen MR) is 120 cm³/mol. The molecule has 4 aromatic rings. The molecule has 0 radical (unpaired) electrons. The fraction of sp³-hybridized carbons (Fsp3) is 0.160. The second-order valence-corrected chi connectivity index (χ2v) is 7.27. The van der Waals surface area contributed by atoms with Crippen LogP contribution in [0.2, 0.25) is 0 Å². The van der Waals surface area contributed by atoms with Crippen LogP contribution in [0.4, 0.5) is 11.4 Å². The van der Waals surface area contributed by atoms with Gasteiger partial charge in [0, 0.05) is 36.4 Å². The van der Waals surface area contributed by atoms with Crippen molar-refractivity contribution < 1.29 is 14.6 Å². The van der Waals surface area contributed by atoms with Crippen LogP contribution in [0.15, 0.2) is 79.0 Å². The molecule has 152 valence electrons. The summed E-state index contributed by atoms with van der Waals surface area (Å²) in [5, 5.41) is 10.2. The third kappa shape index (κ3) is 3.87. The van der Waals surface area contributed by atoms with Crippen LogP contribution in [-0.4, -0.2) is 29.8 Å². The van der Waals surface area contributed by atoms with Crippen molar-refractivity contribution in [1.29, 1.82) is 0 Å². The minimum absolute atomic E-state index is 0.0240. The molecule has 0 amide bonds. The molecule has 0 atom stereocenters. The highest BCUT2D eigenvalue weighted by Gasteiger charge is 2.12. The van der Waals surface area contributed by atoms with Gasteiger partial charge in [-0.3, -0.25) is 4.79 Å². The lowest BCUT2D eigenvalue weighted by molar-refractivity contribution is -0.136. The number of nitrogens with zero attached hydrogens (tertiary/aromatic N) is 2. The first kappa shape index (κ1) is 19.6. The number of carboxylic acid groups (broad SMARTS) is 1. The third-order valence-electron chi connectivity index (χ3n) is 5.34. The van der Waals surface area contributed by atoms with Gasteiger partial charge in [-0.25, -0.2) is 0 Å². The molecule has 0 aliphatic carbocycles. The lowest BCUT2D eigenvalue weighted by Crippen LogP contribution is -2.10. The molecule has 0 aliphatic heterocycles. The largest absolute Gasteiger partial charge is 0.495 e. The quantitative estimate of drug-likeness (QED) is 0.469. The number of carboxylic acids is 1. The first-order valence-electron chi connectivity index (χ1n) is 9.81. The second kappa shape index (κ2) is 8.33. The van der Waals surface area contributed by atoms with Crippen molar-refractivity contribution in [2.45, 2.75) is 13.0 Å². The van der Waals surface area contributed by atoms with E-state index in [0.717, 1.165) is 39.2 Å². The van der Waals surface area contributed by atoms with Crippen LogP contribution in [-0.2, 0) is 17.8 Å². The molecule has 30 heavy (non-hydrogen) atoms. The molecular weight excluding hydrogens is 376 g/mol. The van der Waals surface area contributed by atoms with Gasteiger partial charge in [-0.15, -0.1) is 0 Å². The fourth-order valence-corrected chi connectivity index (χ4v) is 3.83. The van der Waals surface area contributed by atoms with Crippen LogP contribution < -0.4 is 9.64 Å². The van der Waals surface area contributed by atoms with Crippen LogP contribution in [0.5, 0.6) is 5.75 Å². The summed E-state index contributed by atoms with van der Waals surface area (Å²) >= 11 is 0. The number of ether oxygens (including phenoxy) is 1. The summed E-state index contributed by atoms with van der Waals surface area (Å²) in [4.78, 5) is 13.3. The topological polar surface area (TPSA) is 54.7 Å². The molecule has 0 aliphatic rings. The van der Waals surface area contributed by atoms with E-state index in [1.54, 1.807) is 7.11 Å². The van der Waals surface area contributed by atoms with Crippen molar-refractivity contribution in [2.75, 3.05) is 19.1 Å². The van der Waals surface area contributed by atoms with Crippen LogP contribution >= 0.6 is 0 Å². The number of fused-ring (bicyclic) bond motifs is 1. The number of hydrogen-bond acceptors (Lipinski definition) is 3. The second-order valence-electron chi connectivity index (χ2n) is 7.27. The van der Waals surface area contributed by atoms with Crippen molar-refractivity contribution >= 4 is 28.2 Å².